The summed E-state index contributed by atoms with van der Waals surface area (Å²) < 4.78 is 23.2. The molecule has 1 aliphatic rings. The highest BCUT2D eigenvalue weighted by molar-refractivity contribution is 5.98. The van der Waals surface area contributed by atoms with Gasteiger partial charge in [0.05, 0.1) is 6.04 Å². The lowest BCUT2D eigenvalue weighted by molar-refractivity contribution is -0.121. The van der Waals surface area contributed by atoms with Gasteiger partial charge < -0.3 is 9.84 Å². The molecule has 2 aromatic rings. The molecule has 0 saturated carbocycles. The molecule has 0 bridgehead atoms. The van der Waals surface area contributed by atoms with Gasteiger partial charge in [0.15, 0.2) is 11.6 Å². The maximum absolute atomic E-state index is 13.4. The highest BCUT2D eigenvalue weighted by Crippen LogP contribution is 2.37. The standard InChI is InChI=1S/C16H17FN4O5/c17-10-4-3-9-6-13(12(9)7-10)18-15(19-24)14-16(21-26-20-14)25-8-11(23)2-1-5-22/h3-4,7,13,22,24H,1-2,5-6,8H2,(H,18,19). The molecule has 0 spiro atoms. The molecule has 3 N–H and O–H groups in total. The molecule has 1 unspecified atom stereocenters. The van der Waals surface area contributed by atoms with E-state index in [2.05, 4.69) is 19.9 Å². The van der Waals surface area contributed by atoms with Gasteiger partial charge in [-0.15, -0.1) is 0 Å². The van der Waals surface area contributed by atoms with E-state index in [0.29, 0.717) is 12.8 Å². The number of benzene rings is 1. The number of nitrogens with one attached hydrogen (secondary N) is 1. The third-order valence-corrected chi connectivity index (χ3v) is 3.94. The smallest absolute Gasteiger partial charge is 0.287 e. The number of Topliss-reactive ketones (excluding diaryl/α,β-unsaturated/α-hetero) is 1. The summed E-state index contributed by atoms with van der Waals surface area (Å²) in [6, 6.07) is 4.10. The van der Waals surface area contributed by atoms with Crippen molar-refractivity contribution in [2.75, 3.05) is 13.2 Å². The van der Waals surface area contributed by atoms with E-state index in [4.69, 9.17) is 9.84 Å². The van der Waals surface area contributed by atoms with Crippen molar-refractivity contribution < 1.29 is 28.9 Å². The maximum atomic E-state index is 13.4. The number of hydrogen-bond acceptors (Lipinski definition) is 8. The Labute approximate surface area is 147 Å². The Balaban J connectivity index is 1.71. The number of aromatic nitrogens is 2. The molecule has 1 atom stereocenters. The molecular weight excluding hydrogens is 347 g/mol. The van der Waals surface area contributed by atoms with Gasteiger partial charge in [-0.2, -0.15) is 0 Å². The normalized spacial score (nSPS) is 16.0. The average molecular weight is 364 g/mol. The molecule has 3 rings (SSSR count). The number of aliphatic hydroxyl groups excluding tert-OH is 1. The number of aliphatic hydroxyl groups is 1. The van der Waals surface area contributed by atoms with Crippen molar-refractivity contribution in [2.24, 2.45) is 4.99 Å². The van der Waals surface area contributed by atoms with Crippen molar-refractivity contribution in [1.29, 1.82) is 0 Å². The zero-order valence-electron chi connectivity index (χ0n) is 13.7. The zero-order valence-corrected chi connectivity index (χ0v) is 13.7. The molecule has 0 fully saturated rings. The van der Waals surface area contributed by atoms with Crippen LogP contribution in [0.2, 0.25) is 0 Å². The first-order valence-electron chi connectivity index (χ1n) is 7.97. The molecule has 0 aliphatic heterocycles. The number of carbonyl (C=O) groups is 1. The number of carbonyl (C=O) groups excluding carboxylic acids is 1. The first-order valence-corrected chi connectivity index (χ1v) is 7.97. The quantitative estimate of drug-likeness (QED) is 0.359. The average Bonchev–Trinajstić information content (AvgIpc) is 3.09. The largest absolute Gasteiger partial charge is 0.466 e. The van der Waals surface area contributed by atoms with E-state index in [1.54, 1.807) is 6.07 Å². The lowest BCUT2D eigenvalue weighted by Gasteiger charge is -2.27. The summed E-state index contributed by atoms with van der Waals surface area (Å²) in [7, 11) is 0. The minimum atomic E-state index is -0.365. The summed E-state index contributed by atoms with van der Waals surface area (Å²) in [4.78, 5) is 15.9. The van der Waals surface area contributed by atoms with Crippen molar-refractivity contribution in [3.8, 4) is 5.88 Å². The third-order valence-electron chi connectivity index (χ3n) is 3.94. The van der Waals surface area contributed by atoms with Gasteiger partial charge in [-0.1, -0.05) is 6.07 Å². The second-order valence-electron chi connectivity index (χ2n) is 5.73. The monoisotopic (exact) mass is 364 g/mol. The minimum absolute atomic E-state index is 0.00712. The van der Waals surface area contributed by atoms with Gasteiger partial charge in [0, 0.05) is 13.0 Å². The van der Waals surface area contributed by atoms with Crippen molar-refractivity contribution in [1.82, 2.24) is 15.8 Å². The Bertz CT molecular complexity index is 823. The summed E-state index contributed by atoms with van der Waals surface area (Å²) >= 11 is 0. The van der Waals surface area contributed by atoms with Crippen LogP contribution in [-0.4, -0.2) is 45.5 Å². The molecule has 1 aliphatic carbocycles. The van der Waals surface area contributed by atoms with Crippen LogP contribution in [0.3, 0.4) is 0 Å². The van der Waals surface area contributed by atoms with Crippen LogP contribution in [-0.2, 0) is 11.2 Å². The SMILES string of the molecule is O=C(CCCO)COc1nonc1C(=NC1Cc2ccc(F)cc21)NO. The molecule has 0 saturated heterocycles. The number of rotatable bonds is 8. The van der Waals surface area contributed by atoms with Crippen LogP contribution < -0.4 is 10.2 Å². The van der Waals surface area contributed by atoms with Crippen LogP contribution >= 0.6 is 0 Å². The van der Waals surface area contributed by atoms with Gasteiger partial charge in [-0.3, -0.25) is 20.5 Å². The van der Waals surface area contributed by atoms with Crippen LogP contribution in [0.15, 0.2) is 27.8 Å². The van der Waals surface area contributed by atoms with Gasteiger partial charge in [-0.25, -0.2) is 9.02 Å². The molecule has 10 heteroatoms. The van der Waals surface area contributed by atoms with E-state index in [1.165, 1.54) is 12.1 Å². The number of ketones is 1. The van der Waals surface area contributed by atoms with E-state index in [9.17, 15) is 14.4 Å². The van der Waals surface area contributed by atoms with Crippen LogP contribution in [0.25, 0.3) is 0 Å². The summed E-state index contributed by atoms with van der Waals surface area (Å²) in [6.45, 7) is -0.366. The number of hydroxylamine groups is 1. The Morgan fingerprint density at radius 3 is 3.08 bits per heavy atom. The van der Waals surface area contributed by atoms with Crippen molar-refractivity contribution in [3.05, 3.63) is 40.8 Å². The van der Waals surface area contributed by atoms with Gasteiger partial charge in [0.2, 0.25) is 5.69 Å². The first-order chi connectivity index (χ1) is 12.6. The van der Waals surface area contributed by atoms with Gasteiger partial charge >= 0.3 is 0 Å². The van der Waals surface area contributed by atoms with E-state index in [-0.39, 0.29) is 54.7 Å². The fraction of sp³-hybridized carbons (Fsp3) is 0.375. The fourth-order valence-electron chi connectivity index (χ4n) is 2.58. The van der Waals surface area contributed by atoms with E-state index >= 15 is 0 Å². The number of halogens is 1. The third kappa shape index (κ3) is 3.86. The number of hydrogen-bond donors (Lipinski definition) is 3. The van der Waals surface area contributed by atoms with E-state index in [0.717, 1.165) is 11.1 Å². The highest BCUT2D eigenvalue weighted by atomic mass is 19.1. The Morgan fingerprint density at radius 2 is 2.31 bits per heavy atom. The second-order valence-corrected chi connectivity index (χ2v) is 5.73. The summed E-state index contributed by atoms with van der Waals surface area (Å²) in [6.07, 6.45) is 1.09. The molecule has 138 valence electrons. The molecule has 1 heterocycles. The number of amidine groups is 1. The number of ether oxygens (including phenoxy) is 1. The number of fused-ring (bicyclic) bond motifs is 1. The molecule has 1 aromatic heterocycles. The molecule has 26 heavy (non-hydrogen) atoms. The fourth-order valence-corrected chi connectivity index (χ4v) is 2.58. The maximum Gasteiger partial charge on any atom is 0.287 e. The Kier molecular flexibility index (Phi) is 5.54. The van der Waals surface area contributed by atoms with Crippen LogP contribution in [0, 0.1) is 5.82 Å². The van der Waals surface area contributed by atoms with Crippen molar-refractivity contribution in [3.63, 3.8) is 0 Å². The van der Waals surface area contributed by atoms with Gasteiger partial charge in [-0.05, 0) is 46.4 Å². The summed E-state index contributed by atoms with van der Waals surface area (Å²) in [5, 5.41) is 25.3. The molecule has 0 amide bonds. The predicted molar refractivity (Wildman–Crippen MR) is 85.4 cm³/mol. The highest BCUT2D eigenvalue weighted by Gasteiger charge is 2.28. The number of aliphatic imine (C=N–C) groups is 1. The van der Waals surface area contributed by atoms with Crippen LogP contribution in [0.1, 0.15) is 35.7 Å². The van der Waals surface area contributed by atoms with Crippen molar-refractivity contribution in [2.45, 2.75) is 25.3 Å². The number of nitrogens with zero attached hydrogens (tertiary/aromatic N) is 3. The topological polar surface area (TPSA) is 130 Å². The van der Waals surface area contributed by atoms with Gasteiger partial charge in [0.25, 0.3) is 5.88 Å². The lowest BCUT2D eigenvalue weighted by Crippen LogP contribution is -2.26. The first kappa shape index (κ1) is 18.0. The van der Waals surface area contributed by atoms with Crippen molar-refractivity contribution >= 4 is 11.6 Å². The summed E-state index contributed by atoms with van der Waals surface area (Å²) in [5.74, 6) is -0.770. The molecule has 1 aromatic carbocycles. The van der Waals surface area contributed by atoms with Crippen LogP contribution in [0.4, 0.5) is 4.39 Å². The molecular formula is C16H17FN4O5. The lowest BCUT2D eigenvalue weighted by atomic mass is 9.83. The van der Waals surface area contributed by atoms with Crippen LogP contribution in [0.5, 0.6) is 5.88 Å². The van der Waals surface area contributed by atoms with Gasteiger partial charge in [0.1, 0.15) is 12.4 Å². The summed E-state index contributed by atoms with van der Waals surface area (Å²) in [5.41, 5.74) is 3.59. The Hall–Kier alpha value is -2.85. The van der Waals surface area contributed by atoms with E-state index < -0.39 is 0 Å². The molecule has 0 radical (unpaired) electrons. The molecule has 9 nitrogen and oxygen atoms in total. The second kappa shape index (κ2) is 8.02. The Morgan fingerprint density at radius 1 is 1.46 bits per heavy atom. The van der Waals surface area contributed by atoms with E-state index in [1.807, 2.05) is 5.48 Å². The minimum Gasteiger partial charge on any atom is -0.466 e. The predicted octanol–water partition coefficient (Wildman–Crippen LogP) is 0.952. The zero-order chi connectivity index (χ0) is 18.5.